The summed E-state index contributed by atoms with van der Waals surface area (Å²) in [7, 11) is 0. The normalized spacial score (nSPS) is 59.2. The summed E-state index contributed by atoms with van der Waals surface area (Å²) in [4.78, 5) is 0. The molecule has 0 aromatic heterocycles. The van der Waals surface area contributed by atoms with Crippen molar-refractivity contribution in [3.05, 3.63) is 0 Å². The van der Waals surface area contributed by atoms with Crippen LogP contribution >= 0.6 is 0 Å². The van der Waals surface area contributed by atoms with E-state index >= 15 is 0 Å². The van der Waals surface area contributed by atoms with Crippen LogP contribution in [0.3, 0.4) is 0 Å². The molecule has 1 aliphatic heterocycles. The molecular formula is C4H9N. The summed E-state index contributed by atoms with van der Waals surface area (Å²) in [5, 5.41) is 2.75. The first-order valence-electron chi connectivity index (χ1n) is 3.05. The van der Waals surface area contributed by atoms with Crippen LogP contribution in [0.5, 0.6) is 0 Å². The van der Waals surface area contributed by atoms with E-state index in [1.165, 1.54) is 0 Å². The maximum atomic E-state index is 7.03. The van der Waals surface area contributed by atoms with Gasteiger partial charge in [0.1, 0.15) is 0 Å². The Labute approximate surface area is 35.2 Å². The largest absolute Gasteiger partial charge is 0.317 e. The number of hydrogen-bond donors (Lipinski definition) is 1. The van der Waals surface area contributed by atoms with E-state index < -0.39 is 0 Å². The molecule has 0 aromatic carbocycles. The Bertz CT molecular complexity index is 58.7. The summed E-state index contributed by atoms with van der Waals surface area (Å²) in [6.45, 7) is -0.329. The van der Waals surface area contributed by atoms with E-state index in [-0.39, 0.29) is 13.0 Å². The van der Waals surface area contributed by atoms with Gasteiger partial charge in [-0.2, -0.15) is 0 Å². The molecule has 1 heteroatoms. The molecule has 1 aliphatic rings. The molecule has 1 rings (SSSR count). The molecular weight excluding hydrogens is 62.1 g/mol. The van der Waals surface area contributed by atoms with Gasteiger partial charge in [0, 0.05) is 2.74 Å². The molecule has 30 valence electrons. The van der Waals surface area contributed by atoms with Crippen molar-refractivity contribution in [3.63, 3.8) is 0 Å². The van der Waals surface area contributed by atoms with Gasteiger partial charge in [0.2, 0.25) is 0 Å². The predicted octanol–water partition coefficient (Wildman–Crippen LogP) is 0.370. The third-order valence-electron chi connectivity index (χ3n) is 0.691. The summed E-state index contributed by atoms with van der Waals surface area (Å²) < 4.78 is 14.1. The third kappa shape index (κ3) is 0.618. The lowest BCUT2D eigenvalue weighted by molar-refractivity contribution is 0.857. The fourth-order valence-electron chi connectivity index (χ4n) is 0.417. The zero-order chi connectivity index (χ0) is 5.28. The minimum atomic E-state index is -0.164. The highest BCUT2D eigenvalue weighted by atomic mass is 14.9. The van der Waals surface area contributed by atoms with Gasteiger partial charge in [-0.15, -0.1) is 0 Å². The lowest BCUT2D eigenvalue weighted by Gasteiger charge is -1.76. The van der Waals surface area contributed by atoms with Crippen LogP contribution in [0.4, 0.5) is 0 Å². The first-order chi connectivity index (χ1) is 3.29. The molecule has 1 nitrogen and oxygen atoms in total. The van der Waals surface area contributed by atoms with E-state index in [4.69, 9.17) is 2.74 Å². The lowest BCUT2D eigenvalue weighted by atomic mass is 10.4. The van der Waals surface area contributed by atoms with E-state index in [9.17, 15) is 0 Å². The Morgan fingerprint density at radius 1 is 1.40 bits per heavy atom. The second-order valence-corrected chi connectivity index (χ2v) is 1.15. The van der Waals surface area contributed by atoms with Crippen LogP contribution in [0.1, 0.15) is 15.6 Å². The lowest BCUT2D eigenvalue weighted by Crippen LogP contribution is -2.03. The van der Waals surface area contributed by atoms with Crippen molar-refractivity contribution in [2.75, 3.05) is 13.0 Å². The Kier molecular flexibility index (Phi) is 0.453. The molecule has 2 atom stereocenters. The molecule has 0 aliphatic carbocycles. The van der Waals surface area contributed by atoms with E-state index in [1.54, 1.807) is 0 Å². The molecule has 1 saturated heterocycles. The van der Waals surface area contributed by atoms with E-state index in [0.29, 0.717) is 0 Å². The van der Waals surface area contributed by atoms with Gasteiger partial charge < -0.3 is 5.32 Å². The van der Waals surface area contributed by atoms with Gasteiger partial charge in [0.05, 0.1) is 0 Å². The topological polar surface area (TPSA) is 12.0 Å². The van der Waals surface area contributed by atoms with Crippen molar-refractivity contribution in [1.29, 1.82) is 0 Å². The molecule has 0 spiro atoms. The van der Waals surface area contributed by atoms with E-state index in [2.05, 4.69) is 5.32 Å². The summed E-state index contributed by atoms with van der Waals surface area (Å²) in [5.41, 5.74) is 0. The average molecular weight is 73.1 g/mol. The minimum Gasteiger partial charge on any atom is -0.317 e. The highest BCUT2D eigenvalue weighted by molar-refractivity contribution is 4.55. The maximum absolute atomic E-state index is 7.03. The monoisotopic (exact) mass is 73.1 g/mol. The van der Waals surface area contributed by atoms with Gasteiger partial charge in [-0.3, -0.25) is 0 Å². The van der Waals surface area contributed by atoms with Crippen molar-refractivity contribution in [2.24, 2.45) is 0 Å². The summed E-state index contributed by atoms with van der Waals surface area (Å²) >= 11 is 0. The van der Waals surface area contributed by atoms with Gasteiger partial charge in [0.25, 0.3) is 0 Å². The maximum Gasteiger partial charge on any atom is 0.0428 e. The predicted molar refractivity (Wildman–Crippen MR) is 22.1 cm³/mol. The van der Waals surface area contributed by atoms with Gasteiger partial charge in [0.15, 0.2) is 0 Å². The molecule has 0 bridgehead atoms. The van der Waals surface area contributed by atoms with Crippen molar-refractivity contribution in [1.82, 2.24) is 5.32 Å². The molecule has 2 unspecified atom stereocenters. The standard InChI is InChI=1S/C4H9N/c1-2-4-5-3-1/h5H,1-4H2/i3D,4D. The second-order valence-electron chi connectivity index (χ2n) is 1.15. The first-order valence-corrected chi connectivity index (χ1v) is 1.89. The Morgan fingerprint density at radius 2 is 2.00 bits per heavy atom. The quantitative estimate of drug-likeness (QED) is 0.437. The molecule has 0 amide bonds. The Morgan fingerprint density at radius 3 is 2.20 bits per heavy atom. The van der Waals surface area contributed by atoms with Gasteiger partial charge in [-0.1, -0.05) is 0 Å². The highest BCUT2D eigenvalue weighted by Crippen LogP contribution is 1.90. The summed E-state index contributed by atoms with van der Waals surface area (Å²) in [6.07, 6.45) is 1.68. The Balaban J connectivity index is 2.26. The number of rotatable bonds is 0. The van der Waals surface area contributed by atoms with Crippen LogP contribution in [0.15, 0.2) is 0 Å². The molecule has 5 heavy (non-hydrogen) atoms. The van der Waals surface area contributed by atoms with Crippen molar-refractivity contribution in [3.8, 4) is 0 Å². The molecule has 0 radical (unpaired) electrons. The summed E-state index contributed by atoms with van der Waals surface area (Å²) in [6, 6.07) is 0. The van der Waals surface area contributed by atoms with Crippen LogP contribution in [0.2, 0.25) is 0 Å². The molecule has 0 saturated carbocycles. The average Bonchev–Trinajstić information content (AvgIpc) is 1.87. The van der Waals surface area contributed by atoms with E-state index in [1.807, 2.05) is 0 Å². The smallest absolute Gasteiger partial charge is 0.0428 e. The molecule has 1 heterocycles. The van der Waals surface area contributed by atoms with Gasteiger partial charge in [-0.25, -0.2) is 0 Å². The van der Waals surface area contributed by atoms with Crippen molar-refractivity contribution >= 4 is 0 Å². The van der Waals surface area contributed by atoms with E-state index in [0.717, 1.165) is 12.8 Å². The van der Waals surface area contributed by atoms with Crippen LogP contribution < -0.4 is 5.32 Å². The fourth-order valence-corrected chi connectivity index (χ4v) is 0.417. The SMILES string of the molecule is [2H]C1CCC([2H])N1. The minimum absolute atomic E-state index is 0.164. The van der Waals surface area contributed by atoms with Gasteiger partial charge in [-0.05, 0) is 25.9 Å². The van der Waals surface area contributed by atoms with Crippen LogP contribution in [-0.2, 0) is 0 Å². The number of nitrogens with one attached hydrogen (secondary N) is 1. The van der Waals surface area contributed by atoms with Crippen molar-refractivity contribution < 1.29 is 2.74 Å². The van der Waals surface area contributed by atoms with Crippen LogP contribution in [0.25, 0.3) is 0 Å². The fraction of sp³-hybridized carbons (Fsp3) is 1.00. The summed E-state index contributed by atoms with van der Waals surface area (Å²) in [5.74, 6) is 0. The van der Waals surface area contributed by atoms with Gasteiger partial charge >= 0.3 is 0 Å². The number of hydrogen-bond acceptors (Lipinski definition) is 1. The first kappa shape index (κ1) is 1.61. The molecule has 1 N–H and O–H groups in total. The highest BCUT2D eigenvalue weighted by Gasteiger charge is 1.93. The third-order valence-corrected chi connectivity index (χ3v) is 0.691. The molecule has 1 fully saturated rings. The zero-order valence-electron chi connectivity index (χ0n) is 5.07. The van der Waals surface area contributed by atoms with Crippen LogP contribution in [-0.4, -0.2) is 13.0 Å². The second kappa shape index (κ2) is 1.41. The zero-order valence-corrected chi connectivity index (χ0v) is 3.07. The van der Waals surface area contributed by atoms with Crippen LogP contribution in [0, 0.1) is 0 Å². The van der Waals surface area contributed by atoms with Crippen molar-refractivity contribution in [2.45, 2.75) is 12.8 Å². The molecule has 0 aromatic rings. The Hall–Kier alpha value is -0.0400.